The Morgan fingerprint density at radius 3 is 2.94 bits per heavy atom. The van der Waals surface area contributed by atoms with Crippen molar-refractivity contribution in [3.8, 4) is 0 Å². The Labute approximate surface area is 114 Å². The van der Waals surface area contributed by atoms with Crippen molar-refractivity contribution in [1.29, 1.82) is 0 Å². The van der Waals surface area contributed by atoms with E-state index in [4.69, 9.17) is 22.1 Å². The van der Waals surface area contributed by atoms with Crippen LogP contribution >= 0.6 is 11.6 Å². The first-order valence-corrected chi connectivity index (χ1v) is 6.84. The summed E-state index contributed by atoms with van der Waals surface area (Å²) in [6, 6.07) is 6.39. The van der Waals surface area contributed by atoms with Crippen molar-refractivity contribution >= 4 is 17.3 Å². The summed E-state index contributed by atoms with van der Waals surface area (Å²) < 4.78 is 5.54. The molecule has 100 valence electrons. The van der Waals surface area contributed by atoms with E-state index in [2.05, 4.69) is 24.0 Å². The first-order chi connectivity index (χ1) is 8.56. The van der Waals surface area contributed by atoms with Crippen molar-refractivity contribution in [3.63, 3.8) is 0 Å². The summed E-state index contributed by atoms with van der Waals surface area (Å²) in [6.07, 6.45) is 1.10. The molecule has 1 aliphatic heterocycles. The number of morpholine rings is 1. The SMILES string of the molecule is CC(N)Cc1ccc(N2CCOC(C)C2)cc1Cl. The van der Waals surface area contributed by atoms with Crippen LogP contribution in [0.1, 0.15) is 19.4 Å². The van der Waals surface area contributed by atoms with E-state index in [1.165, 1.54) is 5.69 Å². The molecule has 0 bridgehead atoms. The molecule has 1 aromatic rings. The summed E-state index contributed by atoms with van der Waals surface area (Å²) in [5.41, 5.74) is 8.10. The Hall–Kier alpha value is -0.770. The number of hydrogen-bond donors (Lipinski definition) is 1. The van der Waals surface area contributed by atoms with Crippen LogP contribution in [-0.4, -0.2) is 31.8 Å². The van der Waals surface area contributed by atoms with E-state index in [-0.39, 0.29) is 12.1 Å². The molecule has 0 amide bonds. The van der Waals surface area contributed by atoms with Crippen LogP contribution in [0.2, 0.25) is 5.02 Å². The van der Waals surface area contributed by atoms with Gasteiger partial charge in [-0.15, -0.1) is 0 Å². The third kappa shape index (κ3) is 3.37. The summed E-state index contributed by atoms with van der Waals surface area (Å²) in [5, 5.41) is 0.809. The van der Waals surface area contributed by atoms with Gasteiger partial charge in [-0.25, -0.2) is 0 Å². The summed E-state index contributed by atoms with van der Waals surface area (Å²) in [4.78, 5) is 2.32. The van der Waals surface area contributed by atoms with E-state index < -0.39 is 0 Å². The lowest BCUT2D eigenvalue weighted by molar-refractivity contribution is 0.0532. The smallest absolute Gasteiger partial charge is 0.0722 e. The molecule has 1 heterocycles. The van der Waals surface area contributed by atoms with Gasteiger partial charge in [-0.1, -0.05) is 17.7 Å². The Morgan fingerprint density at radius 2 is 2.33 bits per heavy atom. The Morgan fingerprint density at radius 1 is 1.56 bits per heavy atom. The monoisotopic (exact) mass is 268 g/mol. The molecule has 0 aromatic heterocycles. The molecule has 0 radical (unpaired) electrons. The molecule has 1 fully saturated rings. The fraction of sp³-hybridized carbons (Fsp3) is 0.571. The molecule has 0 saturated carbocycles. The Kier molecular flexibility index (Phi) is 4.49. The fourth-order valence-electron chi connectivity index (χ4n) is 2.30. The molecule has 1 saturated heterocycles. The highest BCUT2D eigenvalue weighted by Crippen LogP contribution is 2.25. The molecule has 4 heteroatoms. The van der Waals surface area contributed by atoms with Gasteiger partial charge in [0.25, 0.3) is 0 Å². The fourth-order valence-corrected chi connectivity index (χ4v) is 2.55. The topological polar surface area (TPSA) is 38.5 Å². The van der Waals surface area contributed by atoms with E-state index >= 15 is 0 Å². The average Bonchev–Trinajstić information content (AvgIpc) is 2.31. The number of nitrogens with two attached hydrogens (primary N) is 1. The zero-order valence-electron chi connectivity index (χ0n) is 11.0. The van der Waals surface area contributed by atoms with Crippen LogP contribution in [0.15, 0.2) is 18.2 Å². The van der Waals surface area contributed by atoms with Crippen LogP contribution < -0.4 is 10.6 Å². The van der Waals surface area contributed by atoms with Crippen molar-refractivity contribution in [3.05, 3.63) is 28.8 Å². The largest absolute Gasteiger partial charge is 0.375 e. The van der Waals surface area contributed by atoms with Crippen molar-refractivity contribution in [1.82, 2.24) is 0 Å². The van der Waals surface area contributed by atoms with Crippen LogP contribution in [0.5, 0.6) is 0 Å². The minimum Gasteiger partial charge on any atom is -0.375 e. The molecule has 2 N–H and O–H groups in total. The Balaban J connectivity index is 2.12. The first kappa shape index (κ1) is 13.7. The second kappa shape index (κ2) is 5.91. The number of ether oxygens (including phenoxy) is 1. The van der Waals surface area contributed by atoms with Crippen molar-refractivity contribution in [2.24, 2.45) is 5.73 Å². The summed E-state index contributed by atoms with van der Waals surface area (Å²) in [7, 11) is 0. The third-order valence-electron chi connectivity index (χ3n) is 3.18. The standard InChI is InChI=1S/C14H21ClN2O/c1-10(16)7-12-3-4-13(8-14(12)15)17-5-6-18-11(2)9-17/h3-4,8,10-11H,5-7,9,16H2,1-2H3. The highest BCUT2D eigenvalue weighted by atomic mass is 35.5. The minimum atomic E-state index is 0.136. The maximum Gasteiger partial charge on any atom is 0.0722 e. The van der Waals surface area contributed by atoms with Gasteiger partial charge in [-0.05, 0) is 38.0 Å². The maximum absolute atomic E-state index is 6.32. The predicted octanol–water partition coefficient (Wildman–Crippen LogP) is 2.45. The van der Waals surface area contributed by atoms with Gasteiger partial charge in [-0.2, -0.15) is 0 Å². The summed E-state index contributed by atoms with van der Waals surface area (Å²) >= 11 is 6.32. The van der Waals surface area contributed by atoms with Crippen molar-refractivity contribution in [2.45, 2.75) is 32.4 Å². The molecule has 1 aliphatic rings. The van der Waals surface area contributed by atoms with Gasteiger partial charge in [0.1, 0.15) is 0 Å². The molecular formula is C14H21ClN2O. The molecule has 18 heavy (non-hydrogen) atoms. The summed E-state index contributed by atoms with van der Waals surface area (Å²) in [6.45, 7) is 6.71. The average molecular weight is 269 g/mol. The number of benzene rings is 1. The summed E-state index contributed by atoms with van der Waals surface area (Å²) in [5.74, 6) is 0. The second-order valence-corrected chi connectivity index (χ2v) is 5.49. The molecule has 1 aromatic carbocycles. The molecule has 0 spiro atoms. The minimum absolute atomic E-state index is 0.136. The second-order valence-electron chi connectivity index (χ2n) is 5.08. The number of anilines is 1. The van der Waals surface area contributed by atoms with Crippen LogP contribution in [0.3, 0.4) is 0 Å². The van der Waals surface area contributed by atoms with Gasteiger partial charge in [0.2, 0.25) is 0 Å². The zero-order chi connectivity index (χ0) is 13.1. The lowest BCUT2D eigenvalue weighted by Crippen LogP contribution is -2.41. The zero-order valence-corrected chi connectivity index (χ0v) is 11.8. The molecule has 2 rings (SSSR count). The van der Waals surface area contributed by atoms with E-state index in [0.717, 1.165) is 36.7 Å². The van der Waals surface area contributed by atoms with Crippen LogP contribution in [0.25, 0.3) is 0 Å². The van der Waals surface area contributed by atoms with E-state index in [1.54, 1.807) is 0 Å². The Bertz CT molecular complexity index is 409. The van der Waals surface area contributed by atoms with Gasteiger partial charge >= 0.3 is 0 Å². The lowest BCUT2D eigenvalue weighted by atomic mass is 10.1. The quantitative estimate of drug-likeness (QED) is 0.915. The first-order valence-electron chi connectivity index (χ1n) is 6.47. The van der Waals surface area contributed by atoms with Crippen molar-refractivity contribution in [2.75, 3.05) is 24.6 Å². The highest BCUT2D eigenvalue weighted by molar-refractivity contribution is 6.31. The molecular weight excluding hydrogens is 248 g/mol. The lowest BCUT2D eigenvalue weighted by Gasteiger charge is -2.33. The number of hydrogen-bond acceptors (Lipinski definition) is 3. The van der Waals surface area contributed by atoms with Gasteiger partial charge < -0.3 is 15.4 Å². The van der Waals surface area contributed by atoms with Crippen molar-refractivity contribution < 1.29 is 4.74 Å². The maximum atomic E-state index is 6.32. The van der Waals surface area contributed by atoms with Gasteiger partial charge in [0.05, 0.1) is 12.7 Å². The van der Waals surface area contributed by atoms with E-state index in [0.29, 0.717) is 0 Å². The van der Waals surface area contributed by atoms with E-state index in [9.17, 15) is 0 Å². The van der Waals surface area contributed by atoms with Crippen LogP contribution in [-0.2, 0) is 11.2 Å². The number of nitrogens with zero attached hydrogens (tertiary/aromatic N) is 1. The van der Waals surface area contributed by atoms with E-state index in [1.807, 2.05) is 13.0 Å². The van der Waals surface area contributed by atoms with Gasteiger partial charge in [-0.3, -0.25) is 0 Å². The molecule has 3 nitrogen and oxygen atoms in total. The molecule has 0 aliphatic carbocycles. The third-order valence-corrected chi connectivity index (χ3v) is 3.54. The van der Waals surface area contributed by atoms with Crippen LogP contribution in [0, 0.1) is 0 Å². The normalized spacial score (nSPS) is 22.0. The van der Waals surface area contributed by atoms with Crippen LogP contribution in [0.4, 0.5) is 5.69 Å². The molecule has 2 unspecified atom stereocenters. The number of halogens is 1. The van der Waals surface area contributed by atoms with Gasteiger partial charge in [0.15, 0.2) is 0 Å². The number of rotatable bonds is 3. The predicted molar refractivity (Wildman–Crippen MR) is 76.4 cm³/mol. The highest BCUT2D eigenvalue weighted by Gasteiger charge is 2.17. The van der Waals surface area contributed by atoms with Gasteiger partial charge in [0, 0.05) is 29.8 Å². The molecule has 2 atom stereocenters.